The minimum atomic E-state index is -3.09. The lowest BCUT2D eigenvalue weighted by Crippen LogP contribution is -2.35. The van der Waals surface area contributed by atoms with Crippen molar-refractivity contribution < 1.29 is 13.3 Å². The van der Waals surface area contributed by atoms with E-state index in [0.717, 1.165) is 0 Å². The summed E-state index contributed by atoms with van der Waals surface area (Å²) in [6.07, 6.45) is 1.17. The highest BCUT2D eigenvalue weighted by Gasteiger charge is 2.27. The lowest BCUT2D eigenvalue weighted by Gasteiger charge is -2.23. The number of rotatable bonds is 3. The molecule has 9 heteroatoms. The molecule has 1 aromatic rings. The van der Waals surface area contributed by atoms with Gasteiger partial charge in [-0.2, -0.15) is 0 Å². The van der Waals surface area contributed by atoms with Gasteiger partial charge in [0.15, 0.2) is 9.84 Å². The molecule has 1 atom stereocenters. The summed E-state index contributed by atoms with van der Waals surface area (Å²) in [6.45, 7) is 0. The topological polar surface area (TPSA) is 128 Å². The van der Waals surface area contributed by atoms with Gasteiger partial charge in [0.05, 0.1) is 16.4 Å². The molecule has 8 nitrogen and oxygen atoms in total. The molecular weight excluding hydrogens is 272 g/mol. The molecule has 2 rings (SSSR count). The molecule has 104 valence electrons. The van der Waals surface area contributed by atoms with E-state index in [4.69, 9.17) is 5.73 Å². The predicted molar refractivity (Wildman–Crippen MR) is 70.6 cm³/mol. The summed E-state index contributed by atoms with van der Waals surface area (Å²) in [5.74, 6) is 0.289. The van der Waals surface area contributed by atoms with Crippen LogP contribution in [-0.2, 0) is 9.84 Å². The molecule has 0 radical (unpaired) electrons. The van der Waals surface area contributed by atoms with E-state index in [9.17, 15) is 18.5 Å². The molecule has 0 aromatic carbocycles. The largest absolute Gasteiger partial charge is 0.384 e. The zero-order valence-electron chi connectivity index (χ0n) is 10.1. The smallest absolute Gasteiger partial charge is 0.311 e. The van der Waals surface area contributed by atoms with Gasteiger partial charge in [0.1, 0.15) is 5.82 Å². The Morgan fingerprint density at radius 1 is 1.47 bits per heavy atom. The van der Waals surface area contributed by atoms with Crippen LogP contribution in [0.15, 0.2) is 12.1 Å². The number of nitro groups is 1. The van der Waals surface area contributed by atoms with Crippen LogP contribution in [0, 0.1) is 10.1 Å². The van der Waals surface area contributed by atoms with Crippen LogP contribution in [0.25, 0.3) is 0 Å². The monoisotopic (exact) mass is 286 g/mol. The van der Waals surface area contributed by atoms with Crippen LogP contribution in [0.1, 0.15) is 12.8 Å². The molecule has 0 saturated carbocycles. The number of nitrogen functional groups attached to an aromatic ring is 1. The fourth-order valence-electron chi connectivity index (χ4n) is 2.05. The van der Waals surface area contributed by atoms with E-state index in [1.807, 2.05) is 0 Å². The van der Waals surface area contributed by atoms with Crippen LogP contribution in [0.5, 0.6) is 0 Å². The summed E-state index contributed by atoms with van der Waals surface area (Å²) in [5, 5.41) is 13.7. The second-order valence-corrected chi connectivity index (χ2v) is 6.69. The molecule has 1 aliphatic heterocycles. The van der Waals surface area contributed by atoms with E-state index >= 15 is 0 Å². The zero-order chi connectivity index (χ0) is 14.0. The van der Waals surface area contributed by atoms with E-state index in [1.54, 1.807) is 0 Å². The van der Waals surface area contributed by atoms with Crippen molar-refractivity contribution in [2.24, 2.45) is 0 Å². The van der Waals surface area contributed by atoms with Crippen LogP contribution >= 0.6 is 0 Å². The average molecular weight is 286 g/mol. The Morgan fingerprint density at radius 2 is 2.21 bits per heavy atom. The van der Waals surface area contributed by atoms with Crippen molar-refractivity contribution in [3.8, 4) is 0 Å². The molecule has 3 N–H and O–H groups in total. The van der Waals surface area contributed by atoms with Crippen molar-refractivity contribution in [2.75, 3.05) is 22.6 Å². The number of sulfone groups is 1. The van der Waals surface area contributed by atoms with E-state index < -0.39 is 14.8 Å². The first-order valence-corrected chi connectivity index (χ1v) is 7.57. The number of anilines is 2. The highest BCUT2D eigenvalue weighted by atomic mass is 32.2. The Kier molecular flexibility index (Phi) is 3.56. The summed E-state index contributed by atoms with van der Waals surface area (Å²) in [7, 11) is -3.09. The number of pyridine rings is 1. The fraction of sp³-hybridized carbons (Fsp3) is 0.500. The SMILES string of the molecule is Nc1ccc([N+](=O)[O-])c(NC2CCCS(=O)(=O)C2)n1. The first-order chi connectivity index (χ1) is 8.87. The molecule has 0 bridgehead atoms. The summed E-state index contributed by atoms with van der Waals surface area (Å²) in [4.78, 5) is 14.2. The molecule has 0 amide bonds. The molecular formula is C10H14N4O4S. The third-order valence-electron chi connectivity index (χ3n) is 2.90. The van der Waals surface area contributed by atoms with Crippen molar-refractivity contribution in [3.05, 3.63) is 22.2 Å². The van der Waals surface area contributed by atoms with Gasteiger partial charge in [0, 0.05) is 12.1 Å². The maximum absolute atomic E-state index is 11.5. The number of nitrogens with zero attached hydrogens (tertiary/aromatic N) is 2. The minimum Gasteiger partial charge on any atom is -0.384 e. The van der Waals surface area contributed by atoms with Crippen LogP contribution < -0.4 is 11.1 Å². The predicted octanol–water partition coefficient (Wildman–Crippen LogP) is 0.561. The Labute approximate surface area is 110 Å². The minimum absolute atomic E-state index is 0.0205. The lowest BCUT2D eigenvalue weighted by atomic mass is 10.2. The summed E-state index contributed by atoms with van der Waals surface area (Å²) in [5.41, 5.74) is 5.28. The Bertz CT molecular complexity index is 602. The number of hydrogen-bond acceptors (Lipinski definition) is 7. The van der Waals surface area contributed by atoms with E-state index in [1.165, 1.54) is 12.1 Å². The quantitative estimate of drug-likeness (QED) is 0.613. The first kappa shape index (κ1) is 13.5. The third kappa shape index (κ3) is 3.31. The van der Waals surface area contributed by atoms with E-state index in [0.29, 0.717) is 12.8 Å². The molecule has 1 saturated heterocycles. The highest BCUT2D eigenvalue weighted by Crippen LogP contribution is 2.25. The Hall–Kier alpha value is -1.90. The van der Waals surface area contributed by atoms with Crippen LogP contribution in [0.4, 0.5) is 17.3 Å². The molecule has 1 aromatic heterocycles. The van der Waals surface area contributed by atoms with Gasteiger partial charge in [-0.25, -0.2) is 13.4 Å². The number of aromatic nitrogens is 1. The van der Waals surface area contributed by atoms with E-state index in [-0.39, 0.29) is 34.9 Å². The Balaban J connectivity index is 2.23. The fourth-order valence-corrected chi connectivity index (χ4v) is 3.69. The van der Waals surface area contributed by atoms with Crippen molar-refractivity contribution in [1.82, 2.24) is 4.98 Å². The van der Waals surface area contributed by atoms with E-state index in [2.05, 4.69) is 10.3 Å². The standard InChI is InChI=1S/C10H14N4O4S/c11-9-4-3-8(14(15)16)10(13-9)12-7-2-1-5-19(17,18)6-7/h3-4,7H,1-2,5-6H2,(H3,11,12,13). The highest BCUT2D eigenvalue weighted by molar-refractivity contribution is 7.91. The lowest BCUT2D eigenvalue weighted by molar-refractivity contribution is -0.384. The van der Waals surface area contributed by atoms with Gasteiger partial charge in [-0.1, -0.05) is 0 Å². The molecule has 1 aliphatic rings. The van der Waals surface area contributed by atoms with Crippen molar-refractivity contribution in [1.29, 1.82) is 0 Å². The third-order valence-corrected chi connectivity index (χ3v) is 4.72. The Morgan fingerprint density at radius 3 is 2.84 bits per heavy atom. The molecule has 0 spiro atoms. The van der Waals surface area contributed by atoms with Crippen molar-refractivity contribution in [3.63, 3.8) is 0 Å². The number of nitrogens with one attached hydrogen (secondary N) is 1. The molecule has 1 fully saturated rings. The van der Waals surface area contributed by atoms with Crippen molar-refractivity contribution in [2.45, 2.75) is 18.9 Å². The molecule has 0 aliphatic carbocycles. The average Bonchev–Trinajstić information content (AvgIpc) is 2.27. The molecule has 2 heterocycles. The second-order valence-electron chi connectivity index (χ2n) is 4.46. The summed E-state index contributed by atoms with van der Waals surface area (Å²) in [6, 6.07) is 2.22. The van der Waals surface area contributed by atoms with Crippen LogP contribution in [0.2, 0.25) is 0 Å². The van der Waals surface area contributed by atoms with Crippen LogP contribution in [0.3, 0.4) is 0 Å². The zero-order valence-corrected chi connectivity index (χ0v) is 10.9. The van der Waals surface area contributed by atoms with Gasteiger partial charge < -0.3 is 11.1 Å². The normalized spacial score (nSPS) is 21.8. The second kappa shape index (κ2) is 5.00. The van der Waals surface area contributed by atoms with Gasteiger partial charge >= 0.3 is 5.69 Å². The van der Waals surface area contributed by atoms with Crippen molar-refractivity contribution >= 4 is 27.2 Å². The molecule has 1 unspecified atom stereocenters. The van der Waals surface area contributed by atoms with Gasteiger partial charge in [-0.05, 0) is 18.9 Å². The van der Waals surface area contributed by atoms with Gasteiger partial charge in [0.25, 0.3) is 0 Å². The number of hydrogen-bond donors (Lipinski definition) is 2. The molecule has 19 heavy (non-hydrogen) atoms. The van der Waals surface area contributed by atoms with Gasteiger partial charge in [-0.15, -0.1) is 0 Å². The van der Waals surface area contributed by atoms with Gasteiger partial charge in [-0.3, -0.25) is 10.1 Å². The number of nitrogens with two attached hydrogens (primary N) is 1. The summed E-state index contributed by atoms with van der Waals surface area (Å²) < 4.78 is 23.0. The summed E-state index contributed by atoms with van der Waals surface area (Å²) >= 11 is 0. The first-order valence-electron chi connectivity index (χ1n) is 5.75. The maximum atomic E-state index is 11.5. The van der Waals surface area contributed by atoms with Crippen LogP contribution in [-0.4, -0.2) is 35.9 Å². The maximum Gasteiger partial charge on any atom is 0.311 e. The van der Waals surface area contributed by atoms with Gasteiger partial charge in [0.2, 0.25) is 5.82 Å².